The highest BCUT2D eigenvalue weighted by Gasteiger charge is 2.25. The van der Waals surface area contributed by atoms with Crippen LogP contribution in [-0.4, -0.2) is 35.2 Å². The van der Waals surface area contributed by atoms with Gasteiger partial charge in [0.05, 0.1) is 17.0 Å². The van der Waals surface area contributed by atoms with Crippen LogP contribution in [0.2, 0.25) is 0 Å². The van der Waals surface area contributed by atoms with Gasteiger partial charge in [0.15, 0.2) is 0 Å². The van der Waals surface area contributed by atoms with Gasteiger partial charge in [-0.05, 0) is 24.6 Å². The molecule has 0 unspecified atom stereocenters. The summed E-state index contributed by atoms with van der Waals surface area (Å²) in [5.74, 6) is -1.22. The first-order valence-corrected chi connectivity index (χ1v) is 7.06. The highest BCUT2D eigenvalue weighted by molar-refractivity contribution is 8.00. The molecule has 20 heavy (non-hydrogen) atoms. The Kier molecular flexibility index (Phi) is 4.29. The molecule has 3 N–H and O–H groups in total. The van der Waals surface area contributed by atoms with E-state index in [1.807, 2.05) is 0 Å². The number of thioether (sulfide) groups is 1. The predicted octanol–water partition coefficient (Wildman–Crippen LogP) is 1.09. The van der Waals surface area contributed by atoms with Gasteiger partial charge in [-0.2, -0.15) is 0 Å². The number of aromatic carboxylic acids is 1. The molecule has 0 aromatic heterocycles. The SMILES string of the molecule is NC(=O)CCCN1C(=O)CSc2ccc(C(=O)O)cc21. The van der Waals surface area contributed by atoms with E-state index < -0.39 is 11.9 Å². The van der Waals surface area contributed by atoms with E-state index in [4.69, 9.17) is 10.8 Å². The van der Waals surface area contributed by atoms with Crippen LogP contribution in [0.25, 0.3) is 0 Å². The van der Waals surface area contributed by atoms with Crippen molar-refractivity contribution in [1.82, 2.24) is 0 Å². The first kappa shape index (κ1) is 14.4. The van der Waals surface area contributed by atoms with Crippen LogP contribution in [0.1, 0.15) is 23.2 Å². The van der Waals surface area contributed by atoms with Crippen LogP contribution < -0.4 is 10.6 Å². The third-order valence-corrected chi connectivity index (χ3v) is 4.00. The average molecular weight is 294 g/mol. The van der Waals surface area contributed by atoms with Crippen LogP contribution in [0.3, 0.4) is 0 Å². The summed E-state index contributed by atoms with van der Waals surface area (Å²) in [6.07, 6.45) is 0.660. The summed E-state index contributed by atoms with van der Waals surface area (Å²) in [5.41, 5.74) is 5.81. The molecule has 2 amide bonds. The molecule has 1 aliphatic heterocycles. The molecule has 0 saturated heterocycles. The molecule has 106 valence electrons. The number of primary amides is 1. The fourth-order valence-electron chi connectivity index (χ4n) is 1.99. The lowest BCUT2D eigenvalue weighted by atomic mass is 10.1. The lowest BCUT2D eigenvalue weighted by Gasteiger charge is -2.29. The Balaban J connectivity index is 2.24. The predicted molar refractivity (Wildman–Crippen MR) is 74.9 cm³/mol. The van der Waals surface area contributed by atoms with Crippen molar-refractivity contribution >= 4 is 35.2 Å². The van der Waals surface area contributed by atoms with E-state index >= 15 is 0 Å². The Morgan fingerprint density at radius 3 is 2.80 bits per heavy atom. The summed E-state index contributed by atoms with van der Waals surface area (Å²) in [5, 5.41) is 9.02. The quantitative estimate of drug-likeness (QED) is 0.846. The third kappa shape index (κ3) is 3.11. The second-order valence-corrected chi connectivity index (χ2v) is 5.41. The van der Waals surface area contributed by atoms with Gasteiger partial charge < -0.3 is 15.7 Å². The van der Waals surface area contributed by atoms with E-state index in [0.29, 0.717) is 24.4 Å². The van der Waals surface area contributed by atoms with Gasteiger partial charge in [0.2, 0.25) is 11.8 Å². The lowest BCUT2D eigenvalue weighted by Crippen LogP contribution is -2.36. The van der Waals surface area contributed by atoms with Gasteiger partial charge in [0.1, 0.15) is 0 Å². The van der Waals surface area contributed by atoms with Crippen LogP contribution in [-0.2, 0) is 9.59 Å². The number of hydrogen-bond acceptors (Lipinski definition) is 4. The minimum atomic E-state index is -1.03. The number of nitrogens with zero attached hydrogens (tertiary/aromatic N) is 1. The maximum atomic E-state index is 12.0. The molecule has 1 aromatic rings. The number of hydrogen-bond donors (Lipinski definition) is 2. The number of carboxylic acid groups (broad SMARTS) is 1. The Hall–Kier alpha value is -2.02. The molecule has 0 spiro atoms. The fraction of sp³-hybridized carbons (Fsp3) is 0.308. The fourth-order valence-corrected chi connectivity index (χ4v) is 2.91. The lowest BCUT2D eigenvalue weighted by molar-refractivity contribution is -0.119. The molecule has 1 aromatic carbocycles. The zero-order valence-corrected chi connectivity index (χ0v) is 11.5. The number of benzene rings is 1. The van der Waals surface area contributed by atoms with Crippen molar-refractivity contribution in [3.05, 3.63) is 23.8 Å². The summed E-state index contributed by atoms with van der Waals surface area (Å²) in [4.78, 5) is 36.1. The molecule has 1 heterocycles. The second-order valence-electron chi connectivity index (χ2n) is 4.39. The van der Waals surface area contributed by atoms with E-state index in [1.54, 1.807) is 6.07 Å². The number of carbonyl (C=O) groups is 3. The number of anilines is 1. The van der Waals surface area contributed by atoms with Crippen LogP contribution in [0.5, 0.6) is 0 Å². The maximum Gasteiger partial charge on any atom is 0.335 e. The van der Waals surface area contributed by atoms with Crippen LogP contribution in [0.4, 0.5) is 5.69 Å². The van der Waals surface area contributed by atoms with E-state index in [9.17, 15) is 14.4 Å². The van der Waals surface area contributed by atoms with Crippen molar-refractivity contribution in [3.63, 3.8) is 0 Å². The van der Waals surface area contributed by atoms with E-state index in [0.717, 1.165) is 4.90 Å². The molecule has 0 bridgehead atoms. The van der Waals surface area contributed by atoms with Gasteiger partial charge in [0, 0.05) is 17.9 Å². The molecular weight excluding hydrogens is 280 g/mol. The van der Waals surface area contributed by atoms with Crippen molar-refractivity contribution in [2.24, 2.45) is 5.73 Å². The molecule has 0 radical (unpaired) electrons. The molecule has 7 heteroatoms. The Morgan fingerprint density at radius 1 is 1.40 bits per heavy atom. The second kappa shape index (κ2) is 5.96. The van der Waals surface area contributed by atoms with Gasteiger partial charge >= 0.3 is 5.97 Å². The Bertz CT molecular complexity index is 573. The molecule has 2 rings (SSSR count). The molecule has 0 aliphatic carbocycles. The Morgan fingerprint density at radius 2 is 2.15 bits per heavy atom. The summed E-state index contributed by atoms with van der Waals surface area (Å²) >= 11 is 1.38. The summed E-state index contributed by atoms with van der Waals surface area (Å²) in [7, 11) is 0. The van der Waals surface area contributed by atoms with Crippen LogP contribution in [0.15, 0.2) is 23.1 Å². The minimum Gasteiger partial charge on any atom is -0.478 e. The number of fused-ring (bicyclic) bond motifs is 1. The average Bonchev–Trinajstić information content (AvgIpc) is 2.40. The number of nitrogens with two attached hydrogens (primary N) is 1. The van der Waals surface area contributed by atoms with Gasteiger partial charge in [-0.15, -0.1) is 11.8 Å². The first-order chi connectivity index (χ1) is 9.49. The van der Waals surface area contributed by atoms with Gasteiger partial charge in [-0.3, -0.25) is 9.59 Å². The van der Waals surface area contributed by atoms with Gasteiger partial charge in [-0.25, -0.2) is 4.79 Å². The molecule has 0 saturated carbocycles. The first-order valence-electron chi connectivity index (χ1n) is 6.08. The topological polar surface area (TPSA) is 101 Å². The number of amides is 2. The van der Waals surface area contributed by atoms with E-state index in [-0.39, 0.29) is 17.9 Å². The van der Waals surface area contributed by atoms with Crippen LogP contribution in [0, 0.1) is 0 Å². The van der Waals surface area contributed by atoms with Gasteiger partial charge in [-0.1, -0.05) is 0 Å². The van der Waals surface area contributed by atoms with E-state index in [1.165, 1.54) is 28.8 Å². The summed E-state index contributed by atoms with van der Waals surface area (Å²) in [6, 6.07) is 4.72. The molecular formula is C13H14N2O4S. The van der Waals surface area contributed by atoms with Gasteiger partial charge in [0.25, 0.3) is 0 Å². The monoisotopic (exact) mass is 294 g/mol. The van der Waals surface area contributed by atoms with Crippen molar-refractivity contribution < 1.29 is 19.5 Å². The zero-order valence-electron chi connectivity index (χ0n) is 10.7. The molecule has 0 fully saturated rings. The smallest absolute Gasteiger partial charge is 0.335 e. The number of rotatable bonds is 5. The number of carbonyl (C=O) groups excluding carboxylic acids is 2. The normalized spacial score (nSPS) is 14.0. The third-order valence-electron chi connectivity index (χ3n) is 2.95. The Labute approximate surface area is 119 Å². The summed E-state index contributed by atoms with van der Waals surface area (Å²) in [6.45, 7) is 0.360. The molecule has 0 atom stereocenters. The maximum absolute atomic E-state index is 12.0. The van der Waals surface area contributed by atoms with Crippen molar-refractivity contribution in [1.29, 1.82) is 0 Å². The standard InChI is InChI=1S/C13H14N2O4S/c14-11(16)2-1-5-15-9-6-8(13(18)19)3-4-10(9)20-7-12(15)17/h3-4,6H,1-2,5,7H2,(H2,14,16)(H,18,19). The van der Waals surface area contributed by atoms with Crippen molar-refractivity contribution in [2.45, 2.75) is 17.7 Å². The highest BCUT2D eigenvalue weighted by Crippen LogP contribution is 2.36. The number of carboxylic acids is 1. The van der Waals surface area contributed by atoms with E-state index in [2.05, 4.69) is 0 Å². The highest BCUT2D eigenvalue weighted by atomic mass is 32.2. The van der Waals surface area contributed by atoms with Crippen LogP contribution >= 0.6 is 11.8 Å². The largest absolute Gasteiger partial charge is 0.478 e. The zero-order chi connectivity index (χ0) is 14.7. The van der Waals surface area contributed by atoms with Crippen molar-refractivity contribution in [2.75, 3.05) is 17.2 Å². The minimum absolute atomic E-state index is 0.0884. The summed E-state index contributed by atoms with van der Waals surface area (Å²) < 4.78 is 0. The van der Waals surface area contributed by atoms with Crippen molar-refractivity contribution in [3.8, 4) is 0 Å². The molecule has 6 nitrogen and oxygen atoms in total. The molecule has 1 aliphatic rings.